The van der Waals surface area contributed by atoms with Gasteiger partial charge in [-0.2, -0.15) is 12.6 Å². The first-order valence-electron chi connectivity index (χ1n) is 14.4. The monoisotopic (exact) mass is 673 g/mol. The second-order valence-electron chi connectivity index (χ2n) is 10.6. The Morgan fingerprint density at radius 3 is 1.72 bits per heavy atom. The molecule has 254 valence electrons. The predicted molar refractivity (Wildman–Crippen MR) is 171 cm³/mol. The molecule has 5 atom stereocenters. The van der Waals surface area contributed by atoms with Gasteiger partial charge in [0.1, 0.15) is 29.9 Å². The van der Waals surface area contributed by atoms with Crippen LogP contribution in [0, 0.1) is 0 Å². The van der Waals surface area contributed by atoms with E-state index in [1.165, 1.54) is 12.1 Å². The van der Waals surface area contributed by atoms with Crippen molar-refractivity contribution >= 4 is 54.0 Å². The lowest BCUT2D eigenvalue weighted by atomic mass is 10.0. The van der Waals surface area contributed by atoms with E-state index in [0.29, 0.717) is 11.1 Å². The summed E-state index contributed by atoms with van der Waals surface area (Å²) in [7, 11) is 0. The molecule has 0 aliphatic heterocycles. The smallest absolute Gasteiger partial charge is 0.327 e. The van der Waals surface area contributed by atoms with Crippen molar-refractivity contribution in [1.82, 2.24) is 21.3 Å². The zero-order valence-corrected chi connectivity index (χ0v) is 26.2. The van der Waals surface area contributed by atoms with Gasteiger partial charge in [-0.1, -0.05) is 42.5 Å². The number of nitrogens with one attached hydrogen (secondary N) is 4. The van der Waals surface area contributed by atoms with Gasteiger partial charge in [0.2, 0.25) is 35.4 Å². The Hall–Kier alpha value is -5.16. The lowest BCUT2D eigenvalue weighted by molar-refractivity contribution is -0.141. The Bertz CT molecular complexity index is 1430. The van der Waals surface area contributed by atoms with Crippen molar-refractivity contribution in [2.24, 2.45) is 17.2 Å². The van der Waals surface area contributed by atoms with Gasteiger partial charge in [0, 0.05) is 18.6 Å². The Morgan fingerprint density at radius 2 is 1.17 bits per heavy atom. The van der Waals surface area contributed by atoms with Crippen LogP contribution in [0.5, 0.6) is 5.75 Å². The molecule has 0 aliphatic carbocycles. The van der Waals surface area contributed by atoms with Crippen LogP contribution >= 0.6 is 12.6 Å². The van der Waals surface area contributed by atoms with E-state index in [9.17, 15) is 43.8 Å². The fourth-order valence-corrected chi connectivity index (χ4v) is 4.53. The van der Waals surface area contributed by atoms with Gasteiger partial charge in [-0.15, -0.1) is 0 Å². The Morgan fingerprint density at radius 1 is 0.660 bits per heavy atom. The molecule has 17 heteroatoms. The van der Waals surface area contributed by atoms with Crippen LogP contribution < -0.4 is 38.5 Å². The van der Waals surface area contributed by atoms with Gasteiger partial charge >= 0.3 is 5.97 Å². The molecule has 2 rings (SSSR count). The van der Waals surface area contributed by atoms with Gasteiger partial charge in [0.05, 0.1) is 12.5 Å². The van der Waals surface area contributed by atoms with Crippen LogP contribution in [0.1, 0.15) is 30.4 Å². The maximum atomic E-state index is 13.6. The van der Waals surface area contributed by atoms with Crippen molar-refractivity contribution in [2.45, 2.75) is 62.3 Å². The van der Waals surface area contributed by atoms with Gasteiger partial charge in [-0.3, -0.25) is 28.8 Å². The number of nitrogens with two attached hydrogens (primary N) is 3. The average Bonchev–Trinajstić information content (AvgIpc) is 3.01. The fourth-order valence-electron chi connectivity index (χ4n) is 4.28. The number of amides is 6. The van der Waals surface area contributed by atoms with Crippen molar-refractivity contribution in [1.29, 1.82) is 0 Å². The highest BCUT2D eigenvalue weighted by Crippen LogP contribution is 2.12. The number of thiol groups is 1. The second-order valence-corrected chi connectivity index (χ2v) is 11.0. The van der Waals surface area contributed by atoms with Crippen LogP contribution in [0.25, 0.3) is 0 Å². The van der Waals surface area contributed by atoms with Crippen LogP contribution in [0.2, 0.25) is 0 Å². The number of carbonyl (C=O) groups excluding carboxylic acids is 6. The summed E-state index contributed by atoms with van der Waals surface area (Å²) in [6.45, 7) is 0. The lowest BCUT2D eigenvalue weighted by Gasteiger charge is -2.26. The van der Waals surface area contributed by atoms with Crippen LogP contribution in [-0.2, 0) is 46.4 Å². The van der Waals surface area contributed by atoms with Crippen LogP contribution in [-0.4, -0.2) is 87.6 Å². The zero-order chi connectivity index (χ0) is 35.1. The summed E-state index contributed by atoms with van der Waals surface area (Å²) in [4.78, 5) is 87.4. The van der Waals surface area contributed by atoms with Crippen LogP contribution in [0.4, 0.5) is 0 Å². The van der Waals surface area contributed by atoms with Crippen LogP contribution in [0.3, 0.4) is 0 Å². The largest absolute Gasteiger partial charge is 0.508 e. The minimum atomic E-state index is -1.65. The number of primary amides is 2. The van der Waals surface area contributed by atoms with Crippen molar-refractivity contribution < 1.29 is 43.8 Å². The molecule has 0 saturated carbocycles. The van der Waals surface area contributed by atoms with Crippen molar-refractivity contribution in [3.63, 3.8) is 0 Å². The topological polar surface area (TPSA) is 286 Å². The number of carboxylic acids is 1. The molecule has 0 spiro atoms. The molecule has 2 aromatic carbocycles. The van der Waals surface area contributed by atoms with E-state index in [2.05, 4.69) is 33.9 Å². The number of carbonyl (C=O) groups is 7. The molecule has 0 fully saturated rings. The van der Waals surface area contributed by atoms with E-state index in [-0.39, 0.29) is 37.2 Å². The third-order valence-electron chi connectivity index (χ3n) is 6.79. The molecule has 0 aliphatic rings. The highest BCUT2D eigenvalue weighted by molar-refractivity contribution is 7.80. The Kier molecular flexibility index (Phi) is 15.1. The standard InChI is InChI=1S/C30H39N7O9S/c31-19(12-17-6-8-18(38)9-7-17)26(41)35-21(13-16-4-2-1-3-5-16)28(43)34-20(10-11-24(32)39)27(42)36-22(14-25(33)40)29(44)37-23(15-47)30(45)46/h1-9,19-23,38,47H,10-15,31H2,(H2,32,39)(H2,33,40)(H,34,43)(H,35,41)(H,36,42)(H,37,44)(H,45,46)/t19-,20-,21-,22-,23-/m0/s1. The summed E-state index contributed by atoms with van der Waals surface area (Å²) in [5.41, 5.74) is 17.9. The SMILES string of the molecule is NC(=O)CC[C@H](NC(=O)[C@H](Cc1ccccc1)NC(=O)[C@@H](N)Cc1ccc(O)cc1)C(=O)N[C@@H](CC(N)=O)C(=O)N[C@@H](CS)C(=O)O. The van der Waals surface area contributed by atoms with E-state index in [1.54, 1.807) is 42.5 Å². The summed E-state index contributed by atoms with van der Waals surface area (Å²) in [5, 5.41) is 28.2. The summed E-state index contributed by atoms with van der Waals surface area (Å²) >= 11 is 3.86. The number of aromatic hydroxyl groups is 1. The first-order valence-corrected chi connectivity index (χ1v) is 15.0. The minimum absolute atomic E-state index is 0.0263. The molecule has 2 aromatic rings. The molecule has 6 amide bonds. The van der Waals surface area contributed by atoms with Crippen molar-refractivity contribution in [2.75, 3.05) is 5.75 Å². The van der Waals surface area contributed by atoms with Gasteiger partial charge < -0.3 is 48.7 Å². The molecule has 0 saturated heterocycles. The number of hydrogen-bond acceptors (Lipinski definition) is 10. The average molecular weight is 674 g/mol. The van der Waals surface area contributed by atoms with E-state index < -0.39 is 78.0 Å². The lowest BCUT2D eigenvalue weighted by Crippen LogP contribution is -2.59. The summed E-state index contributed by atoms with van der Waals surface area (Å²) in [5.74, 6) is -7.12. The normalized spacial score (nSPS) is 13.9. The number of benzene rings is 2. The zero-order valence-electron chi connectivity index (χ0n) is 25.3. The number of phenols is 1. The van der Waals surface area contributed by atoms with Crippen molar-refractivity contribution in [3.8, 4) is 5.75 Å². The number of hydrogen-bond donors (Lipinski definition) is 10. The summed E-state index contributed by atoms with van der Waals surface area (Å²) < 4.78 is 0. The maximum absolute atomic E-state index is 13.6. The Balaban J connectivity index is 2.29. The highest BCUT2D eigenvalue weighted by atomic mass is 32.1. The van der Waals surface area contributed by atoms with Crippen molar-refractivity contribution in [3.05, 3.63) is 65.7 Å². The first-order chi connectivity index (χ1) is 22.2. The maximum Gasteiger partial charge on any atom is 0.327 e. The van der Waals surface area contributed by atoms with E-state index in [1.807, 2.05) is 0 Å². The Labute approximate surface area is 275 Å². The van der Waals surface area contributed by atoms with E-state index in [0.717, 1.165) is 0 Å². The van der Waals surface area contributed by atoms with Gasteiger partial charge in [-0.25, -0.2) is 4.79 Å². The predicted octanol–water partition coefficient (Wildman–Crippen LogP) is -2.40. The molecule has 0 bridgehead atoms. The van der Waals surface area contributed by atoms with E-state index in [4.69, 9.17) is 17.2 Å². The molecule has 16 nitrogen and oxygen atoms in total. The van der Waals surface area contributed by atoms with Crippen LogP contribution in [0.15, 0.2) is 54.6 Å². The second kappa shape index (κ2) is 18.7. The molecule has 0 aromatic heterocycles. The molecule has 0 unspecified atom stereocenters. The van der Waals surface area contributed by atoms with Gasteiger partial charge in [0.25, 0.3) is 0 Å². The number of rotatable bonds is 19. The number of carboxylic acid groups (broad SMARTS) is 1. The summed E-state index contributed by atoms with van der Waals surface area (Å²) in [6, 6.07) is 7.70. The quantitative estimate of drug-likeness (QED) is 0.0705. The summed E-state index contributed by atoms with van der Waals surface area (Å²) in [6.07, 6.45) is -1.38. The number of aliphatic carboxylic acids is 1. The highest BCUT2D eigenvalue weighted by Gasteiger charge is 2.32. The first kappa shape index (κ1) is 38.0. The number of phenolic OH excluding ortho intramolecular Hbond substituents is 1. The minimum Gasteiger partial charge on any atom is -0.508 e. The molecule has 12 N–H and O–H groups in total. The molecular formula is C30H39N7O9S. The molecule has 0 radical (unpaired) electrons. The third kappa shape index (κ3) is 13.4. The third-order valence-corrected chi connectivity index (χ3v) is 7.16. The fraction of sp³-hybridized carbons (Fsp3) is 0.367. The van der Waals surface area contributed by atoms with Gasteiger partial charge in [0.15, 0.2) is 0 Å². The van der Waals surface area contributed by atoms with E-state index >= 15 is 0 Å². The molecular weight excluding hydrogens is 634 g/mol. The molecule has 0 heterocycles. The van der Waals surface area contributed by atoms with Gasteiger partial charge in [-0.05, 0) is 36.1 Å². The molecule has 47 heavy (non-hydrogen) atoms.